The molecule has 2 aromatic rings. The molecule has 1 aliphatic rings. The second kappa shape index (κ2) is 6.75. The van der Waals surface area contributed by atoms with E-state index in [2.05, 4.69) is 17.1 Å². The van der Waals surface area contributed by atoms with Crippen LogP contribution in [0.5, 0.6) is 0 Å². The van der Waals surface area contributed by atoms with Crippen LogP contribution in [0.1, 0.15) is 41.9 Å². The van der Waals surface area contributed by atoms with E-state index in [1.807, 2.05) is 13.0 Å². The molecule has 0 amide bonds. The zero-order chi connectivity index (χ0) is 17.1. The van der Waals surface area contributed by atoms with E-state index in [4.69, 9.17) is 9.47 Å². The van der Waals surface area contributed by atoms with Crippen molar-refractivity contribution in [1.82, 2.24) is 9.55 Å². The highest BCUT2D eigenvalue weighted by atomic mass is 16.6. The van der Waals surface area contributed by atoms with E-state index < -0.39 is 18.0 Å². The van der Waals surface area contributed by atoms with Gasteiger partial charge in [-0.1, -0.05) is 12.1 Å². The SMILES string of the molecule is COC(=O)C(OC(=O)c1cncn1[C@H](C)c1cc#ccc1)C1CC1. The van der Waals surface area contributed by atoms with Crippen molar-refractivity contribution in [2.75, 3.05) is 7.11 Å². The summed E-state index contributed by atoms with van der Waals surface area (Å²) in [5.41, 5.74) is 1.26. The van der Waals surface area contributed by atoms with Crippen LogP contribution in [-0.2, 0) is 14.3 Å². The largest absolute Gasteiger partial charge is 0.466 e. The summed E-state index contributed by atoms with van der Waals surface area (Å²) in [6, 6.07) is 11.1. The van der Waals surface area contributed by atoms with Crippen molar-refractivity contribution < 1.29 is 19.1 Å². The Morgan fingerprint density at radius 2 is 2.17 bits per heavy atom. The molecule has 124 valence electrons. The molecule has 0 bridgehead atoms. The highest BCUT2D eigenvalue weighted by Crippen LogP contribution is 2.35. The Morgan fingerprint density at radius 1 is 1.38 bits per heavy atom. The zero-order valence-corrected chi connectivity index (χ0v) is 13.6. The number of ether oxygens (including phenoxy) is 2. The Labute approximate surface area is 140 Å². The molecular weight excluding hydrogens is 308 g/mol. The number of nitrogens with zero attached hydrogens (tertiary/aromatic N) is 2. The first-order valence-electron chi connectivity index (χ1n) is 7.80. The molecule has 1 heterocycles. The molecule has 1 aliphatic carbocycles. The fourth-order valence-corrected chi connectivity index (χ4v) is 2.58. The van der Waals surface area contributed by atoms with Crippen LogP contribution in [0.4, 0.5) is 0 Å². The van der Waals surface area contributed by atoms with E-state index >= 15 is 0 Å². The van der Waals surface area contributed by atoms with Crippen molar-refractivity contribution >= 4 is 11.9 Å². The summed E-state index contributed by atoms with van der Waals surface area (Å²) in [4.78, 5) is 28.4. The van der Waals surface area contributed by atoms with Crippen molar-refractivity contribution in [2.24, 2.45) is 5.92 Å². The summed E-state index contributed by atoms with van der Waals surface area (Å²) in [5, 5.41) is 0. The van der Waals surface area contributed by atoms with Crippen molar-refractivity contribution in [3.63, 3.8) is 0 Å². The molecule has 1 fully saturated rings. The molecule has 6 heteroatoms. The number of hydrogen-bond donors (Lipinski definition) is 0. The van der Waals surface area contributed by atoms with Gasteiger partial charge in [0.25, 0.3) is 0 Å². The van der Waals surface area contributed by atoms with Crippen LogP contribution in [-0.4, -0.2) is 34.7 Å². The van der Waals surface area contributed by atoms with Crippen LogP contribution < -0.4 is 0 Å². The van der Waals surface area contributed by atoms with Gasteiger partial charge in [0.1, 0.15) is 5.69 Å². The van der Waals surface area contributed by atoms with E-state index in [1.165, 1.54) is 13.3 Å². The number of aromatic nitrogens is 2. The van der Waals surface area contributed by atoms with E-state index in [0.717, 1.165) is 18.4 Å². The van der Waals surface area contributed by atoms with Gasteiger partial charge in [-0.2, -0.15) is 0 Å². The average molecular weight is 326 g/mol. The molecule has 1 unspecified atom stereocenters. The van der Waals surface area contributed by atoms with Gasteiger partial charge in [-0.3, -0.25) is 0 Å². The molecule has 1 saturated carbocycles. The fourth-order valence-electron chi connectivity index (χ4n) is 2.58. The number of methoxy groups -OCH3 is 1. The third-order valence-corrected chi connectivity index (χ3v) is 4.17. The van der Waals surface area contributed by atoms with Crippen LogP contribution in [0.15, 0.2) is 30.7 Å². The predicted molar refractivity (Wildman–Crippen MR) is 84.1 cm³/mol. The first-order valence-corrected chi connectivity index (χ1v) is 7.80. The maximum atomic E-state index is 12.5. The molecule has 24 heavy (non-hydrogen) atoms. The standard InChI is InChI=1S/C18H18N2O4/c1-12(13-6-4-3-5-7-13)20-11-19-10-15(20)17(21)24-16(14-8-9-14)18(22)23-2/h4,6-7,10-12,14,16H,8-9H2,1-2H3/t12-,16?/m1/s1. The van der Waals surface area contributed by atoms with Gasteiger partial charge >= 0.3 is 11.9 Å². The van der Waals surface area contributed by atoms with Crippen LogP contribution >= 0.6 is 0 Å². The monoisotopic (exact) mass is 326 g/mol. The first kappa shape index (κ1) is 16.1. The summed E-state index contributed by atoms with van der Waals surface area (Å²) < 4.78 is 11.9. The molecule has 1 aromatic carbocycles. The van der Waals surface area contributed by atoms with Crippen molar-refractivity contribution in [3.05, 3.63) is 54.1 Å². The van der Waals surface area contributed by atoms with E-state index in [-0.39, 0.29) is 12.0 Å². The van der Waals surface area contributed by atoms with Crippen LogP contribution in [0, 0.1) is 18.1 Å². The molecule has 2 atom stereocenters. The van der Waals surface area contributed by atoms with Gasteiger partial charge in [0.15, 0.2) is 0 Å². The highest BCUT2D eigenvalue weighted by Gasteiger charge is 2.40. The summed E-state index contributed by atoms with van der Waals surface area (Å²) >= 11 is 0. The molecule has 0 radical (unpaired) electrons. The van der Waals surface area contributed by atoms with Crippen LogP contribution in [0.2, 0.25) is 0 Å². The van der Waals surface area contributed by atoms with Crippen LogP contribution in [0.3, 0.4) is 0 Å². The summed E-state index contributed by atoms with van der Waals surface area (Å²) in [7, 11) is 1.29. The number of carbonyl (C=O) groups is 2. The second-order valence-corrected chi connectivity index (χ2v) is 5.81. The lowest BCUT2D eigenvalue weighted by Gasteiger charge is -2.18. The van der Waals surface area contributed by atoms with Crippen molar-refractivity contribution in [3.8, 4) is 0 Å². The summed E-state index contributed by atoms with van der Waals surface area (Å²) in [6.07, 6.45) is 3.89. The number of rotatable bonds is 6. The average Bonchev–Trinajstić information content (AvgIpc) is 3.34. The smallest absolute Gasteiger partial charge is 0.357 e. The molecule has 0 spiro atoms. The number of carbonyl (C=O) groups excluding carboxylic acids is 2. The Kier molecular flexibility index (Phi) is 4.52. The lowest BCUT2D eigenvalue weighted by molar-refractivity contribution is -0.152. The number of hydrogen-bond acceptors (Lipinski definition) is 5. The molecule has 0 saturated heterocycles. The molecule has 6 nitrogen and oxygen atoms in total. The minimum absolute atomic E-state index is 0.0504. The second-order valence-electron chi connectivity index (χ2n) is 5.81. The zero-order valence-electron chi connectivity index (χ0n) is 13.6. The quantitative estimate of drug-likeness (QED) is 0.761. The van der Waals surface area contributed by atoms with Gasteiger partial charge in [0, 0.05) is 5.92 Å². The molecular formula is C18H18N2O4. The highest BCUT2D eigenvalue weighted by molar-refractivity contribution is 5.90. The molecule has 0 N–H and O–H groups in total. The van der Waals surface area contributed by atoms with Gasteiger partial charge in [-0.05, 0) is 43.5 Å². The van der Waals surface area contributed by atoms with Gasteiger partial charge in [-0.15, -0.1) is 0 Å². The van der Waals surface area contributed by atoms with Gasteiger partial charge in [-0.25, -0.2) is 14.6 Å². The lowest BCUT2D eigenvalue weighted by Crippen LogP contribution is -2.31. The molecule has 3 rings (SSSR count). The van der Waals surface area contributed by atoms with E-state index in [1.54, 1.807) is 23.0 Å². The van der Waals surface area contributed by atoms with Gasteiger partial charge in [0.2, 0.25) is 6.10 Å². The third-order valence-electron chi connectivity index (χ3n) is 4.17. The third kappa shape index (κ3) is 3.25. The maximum absolute atomic E-state index is 12.5. The molecule has 0 aliphatic heterocycles. The summed E-state index contributed by atoms with van der Waals surface area (Å²) in [6.45, 7) is 1.94. The van der Waals surface area contributed by atoms with E-state index in [0.29, 0.717) is 5.69 Å². The Bertz CT molecular complexity index is 722. The lowest BCUT2D eigenvalue weighted by atomic mass is 10.1. The maximum Gasteiger partial charge on any atom is 0.357 e. The van der Waals surface area contributed by atoms with Gasteiger partial charge in [0.05, 0.1) is 25.7 Å². The van der Waals surface area contributed by atoms with Crippen molar-refractivity contribution in [2.45, 2.75) is 31.9 Å². The van der Waals surface area contributed by atoms with Gasteiger partial charge < -0.3 is 14.0 Å². The predicted octanol–water partition coefficient (Wildman–Crippen LogP) is 2.20. The Morgan fingerprint density at radius 3 is 2.79 bits per heavy atom. The normalized spacial score (nSPS) is 15.9. The minimum Gasteiger partial charge on any atom is -0.466 e. The minimum atomic E-state index is -0.846. The Hall–Kier alpha value is -2.81. The van der Waals surface area contributed by atoms with Crippen LogP contribution in [0.25, 0.3) is 0 Å². The topological polar surface area (TPSA) is 70.4 Å². The number of imidazole rings is 1. The fraction of sp³-hybridized carbons (Fsp3) is 0.389. The summed E-state index contributed by atoms with van der Waals surface area (Å²) in [5.74, 6) is -1.04. The molecule has 1 aromatic heterocycles. The van der Waals surface area contributed by atoms with E-state index in [9.17, 15) is 9.59 Å². The Balaban J connectivity index is 1.79. The number of esters is 2. The first-order chi connectivity index (χ1) is 11.6. The van der Waals surface area contributed by atoms with Crippen molar-refractivity contribution in [1.29, 1.82) is 0 Å².